The van der Waals surface area contributed by atoms with Gasteiger partial charge in [-0.25, -0.2) is 4.79 Å². The molecular formula is C12H14O2S. The molecule has 1 aromatic rings. The molecule has 0 fully saturated rings. The van der Waals surface area contributed by atoms with Gasteiger partial charge >= 0.3 is 5.97 Å². The van der Waals surface area contributed by atoms with Crippen LogP contribution in [0.25, 0.3) is 6.08 Å². The van der Waals surface area contributed by atoms with Gasteiger partial charge in [-0.2, -0.15) is 0 Å². The lowest BCUT2D eigenvalue weighted by Gasteiger charge is -2.03. The molecule has 2 nitrogen and oxygen atoms in total. The molecule has 0 heterocycles. The summed E-state index contributed by atoms with van der Waals surface area (Å²) in [6.07, 6.45) is 3.70. The van der Waals surface area contributed by atoms with Crippen LogP contribution in [0.1, 0.15) is 12.5 Å². The smallest absolute Gasteiger partial charge is 0.344 e. The molecule has 80 valence electrons. The van der Waals surface area contributed by atoms with Crippen molar-refractivity contribution in [3.8, 4) is 0 Å². The second-order valence-corrected chi connectivity index (χ2v) is 3.69. The highest BCUT2D eigenvalue weighted by Crippen LogP contribution is 2.17. The minimum atomic E-state index is -0.256. The lowest BCUT2D eigenvalue weighted by Crippen LogP contribution is -2.04. The van der Waals surface area contributed by atoms with Crippen LogP contribution in [-0.2, 0) is 9.53 Å². The van der Waals surface area contributed by atoms with Gasteiger partial charge < -0.3 is 4.74 Å². The second kappa shape index (κ2) is 6.30. The van der Waals surface area contributed by atoms with Gasteiger partial charge in [0.15, 0.2) is 0 Å². The average molecular weight is 222 g/mol. The van der Waals surface area contributed by atoms with E-state index in [0.717, 1.165) is 5.56 Å². The summed E-state index contributed by atoms with van der Waals surface area (Å²) >= 11 is 1.40. The molecule has 0 spiro atoms. The minimum absolute atomic E-state index is 0.256. The van der Waals surface area contributed by atoms with Crippen molar-refractivity contribution in [1.29, 1.82) is 0 Å². The normalized spacial score (nSPS) is 11.2. The Morgan fingerprint density at radius 3 is 2.60 bits per heavy atom. The number of hydrogen-bond acceptors (Lipinski definition) is 3. The lowest BCUT2D eigenvalue weighted by atomic mass is 10.2. The molecular weight excluding hydrogens is 208 g/mol. The Morgan fingerprint density at radius 2 is 2.07 bits per heavy atom. The number of rotatable bonds is 4. The van der Waals surface area contributed by atoms with Crippen molar-refractivity contribution in [3.05, 3.63) is 40.8 Å². The largest absolute Gasteiger partial charge is 0.462 e. The molecule has 0 aliphatic rings. The summed E-state index contributed by atoms with van der Waals surface area (Å²) in [5.74, 6) is -0.256. The first kappa shape index (κ1) is 11.9. The molecule has 0 bridgehead atoms. The van der Waals surface area contributed by atoms with Crippen molar-refractivity contribution in [2.75, 3.05) is 12.9 Å². The van der Waals surface area contributed by atoms with Crippen LogP contribution in [0.15, 0.2) is 35.2 Å². The Kier molecular flexibility index (Phi) is 4.98. The Labute approximate surface area is 94.3 Å². The molecule has 0 saturated carbocycles. The number of thioether (sulfide) groups is 1. The van der Waals surface area contributed by atoms with Gasteiger partial charge in [0, 0.05) is 0 Å². The van der Waals surface area contributed by atoms with Crippen LogP contribution in [0.3, 0.4) is 0 Å². The van der Waals surface area contributed by atoms with Gasteiger partial charge in [-0.05, 0) is 24.8 Å². The fourth-order valence-electron chi connectivity index (χ4n) is 1.10. The van der Waals surface area contributed by atoms with Gasteiger partial charge in [0.25, 0.3) is 0 Å². The van der Waals surface area contributed by atoms with Crippen LogP contribution in [0.2, 0.25) is 0 Å². The van der Waals surface area contributed by atoms with E-state index in [9.17, 15) is 4.79 Å². The first-order valence-electron chi connectivity index (χ1n) is 4.75. The second-order valence-electron chi connectivity index (χ2n) is 2.84. The zero-order valence-electron chi connectivity index (χ0n) is 8.90. The summed E-state index contributed by atoms with van der Waals surface area (Å²) in [6.45, 7) is 2.21. The first-order valence-corrected chi connectivity index (χ1v) is 5.98. The van der Waals surface area contributed by atoms with E-state index < -0.39 is 0 Å². The van der Waals surface area contributed by atoms with E-state index in [1.165, 1.54) is 11.8 Å². The molecule has 0 amide bonds. The molecule has 0 N–H and O–H groups in total. The van der Waals surface area contributed by atoms with Crippen molar-refractivity contribution in [3.63, 3.8) is 0 Å². The Morgan fingerprint density at radius 1 is 1.40 bits per heavy atom. The van der Waals surface area contributed by atoms with Crippen LogP contribution >= 0.6 is 11.8 Å². The maximum Gasteiger partial charge on any atom is 0.344 e. The highest BCUT2D eigenvalue weighted by molar-refractivity contribution is 8.03. The van der Waals surface area contributed by atoms with Crippen molar-refractivity contribution >= 4 is 23.8 Å². The topological polar surface area (TPSA) is 26.3 Å². The van der Waals surface area contributed by atoms with Gasteiger partial charge in [0.05, 0.1) is 11.5 Å². The summed E-state index contributed by atoms with van der Waals surface area (Å²) < 4.78 is 4.94. The van der Waals surface area contributed by atoms with Gasteiger partial charge in [-0.3, -0.25) is 0 Å². The molecule has 0 radical (unpaired) electrons. The van der Waals surface area contributed by atoms with Crippen LogP contribution in [0, 0.1) is 0 Å². The molecule has 3 heteroatoms. The first-order chi connectivity index (χ1) is 7.27. The van der Waals surface area contributed by atoms with Gasteiger partial charge in [-0.1, -0.05) is 30.3 Å². The predicted octanol–water partition coefficient (Wildman–Crippen LogP) is 2.95. The van der Waals surface area contributed by atoms with Crippen molar-refractivity contribution in [2.45, 2.75) is 6.92 Å². The number of esters is 1. The summed E-state index contributed by atoms with van der Waals surface area (Å²) in [4.78, 5) is 12.1. The Balaban J connectivity index is 2.83. The Hall–Kier alpha value is -1.22. The van der Waals surface area contributed by atoms with Gasteiger partial charge in [0.1, 0.15) is 0 Å². The van der Waals surface area contributed by atoms with E-state index in [4.69, 9.17) is 4.74 Å². The molecule has 0 atom stereocenters. The highest BCUT2D eigenvalue weighted by atomic mass is 32.2. The number of carbonyl (C=O) groups excluding carboxylic acids is 1. The third kappa shape index (κ3) is 3.80. The van der Waals surface area contributed by atoms with Crippen LogP contribution in [-0.4, -0.2) is 18.8 Å². The van der Waals surface area contributed by atoms with Crippen LogP contribution < -0.4 is 0 Å². The summed E-state index contributed by atoms with van der Waals surface area (Å²) in [6, 6.07) is 9.73. The molecule has 0 aromatic heterocycles. The average Bonchev–Trinajstić information content (AvgIpc) is 2.27. The summed E-state index contributed by atoms with van der Waals surface area (Å²) in [5.41, 5.74) is 1.01. The standard InChI is InChI=1S/C12H14O2S/c1-3-14-12(13)11(15-2)9-10-7-5-4-6-8-10/h4-9H,3H2,1-2H3/b11-9-. The maximum absolute atomic E-state index is 11.5. The quantitative estimate of drug-likeness (QED) is 0.578. The fraction of sp³-hybridized carbons (Fsp3) is 0.250. The number of ether oxygens (including phenoxy) is 1. The zero-order chi connectivity index (χ0) is 11.1. The molecule has 15 heavy (non-hydrogen) atoms. The summed E-state index contributed by atoms with van der Waals surface area (Å²) in [7, 11) is 0. The third-order valence-electron chi connectivity index (χ3n) is 1.79. The van der Waals surface area contributed by atoms with Crippen LogP contribution in [0.5, 0.6) is 0 Å². The monoisotopic (exact) mass is 222 g/mol. The predicted molar refractivity (Wildman–Crippen MR) is 64.6 cm³/mol. The lowest BCUT2D eigenvalue weighted by molar-refractivity contribution is -0.137. The number of hydrogen-bond donors (Lipinski definition) is 0. The third-order valence-corrected chi connectivity index (χ3v) is 2.52. The fourth-order valence-corrected chi connectivity index (χ4v) is 1.58. The molecule has 1 rings (SSSR count). The van der Waals surface area contributed by atoms with E-state index in [0.29, 0.717) is 11.5 Å². The Bertz CT molecular complexity index is 344. The van der Waals surface area contributed by atoms with Crippen LogP contribution in [0.4, 0.5) is 0 Å². The number of benzene rings is 1. The molecule has 1 aromatic carbocycles. The van der Waals surface area contributed by atoms with Crippen molar-refractivity contribution in [1.82, 2.24) is 0 Å². The van der Waals surface area contributed by atoms with Crippen molar-refractivity contribution in [2.24, 2.45) is 0 Å². The maximum atomic E-state index is 11.5. The summed E-state index contributed by atoms with van der Waals surface area (Å²) in [5, 5.41) is 0. The number of carbonyl (C=O) groups is 1. The SMILES string of the molecule is CCOC(=O)/C(=C/c1ccccc1)SC. The van der Waals surface area contributed by atoms with E-state index in [-0.39, 0.29) is 5.97 Å². The molecule has 0 aliphatic heterocycles. The molecule has 0 unspecified atom stereocenters. The van der Waals surface area contributed by atoms with Gasteiger partial charge in [-0.15, -0.1) is 11.8 Å². The van der Waals surface area contributed by atoms with E-state index in [1.54, 1.807) is 6.92 Å². The highest BCUT2D eigenvalue weighted by Gasteiger charge is 2.08. The van der Waals surface area contributed by atoms with E-state index >= 15 is 0 Å². The minimum Gasteiger partial charge on any atom is -0.462 e. The van der Waals surface area contributed by atoms with Gasteiger partial charge in [0.2, 0.25) is 0 Å². The zero-order valence-corrected chi connectivity index (χ0v) is 9.71. The van der Waals surface area contributed by atoms with E-state index in [2.05, 4.69) is 0 Å². The molecule has 0 saturated heterocycles. The molecule has 0 aliphatic carbocycles. The van der Waals surface area contributed by atoms with Crippen molar-refractivity contribution < 1.29 is 9.53 Å². The van der Waals surface area contributed by atoms with E-state index in [1.807, 2.05) is 42.7 Å².